The van der Waals surface area contributed by atoms with E-state index in [4.69, 9.17) is 4.98 Å². The molecule has 0 spiro atoms. The molecule has 0 saturated carbocycles. The largest absolute Gasteiger partial charge is 0.309 e. The van der Waals surface area contributed by atoms with Crippen LogP contribution in [0.15, 0.2) is 170 Å². The molecule has 8 aromatic rings. The summed E-state index contributed by atoms with van der Waals surface area (Å²) in [5, 5.41) is 4.92. The number of para-hydroxylation sites is 4. The Morgan fingerprint density at radius 1 is 0.500 bits per heavy atom. The van der Waals surface area contributed by atoms with Crippen LogP contribution in [0.1, 0.15) is 0 Å². The summed E-state index contributed by atoms with van der Waals surface area (Å²) in [7, 11) is -3.16. The first kappa shape index (κ1) is 26.7. The summed E-state index contributed by atoms with van der Waals surface area (Å²) in [4.78, 5) is 7.03. The van der Waals surface area contributed by atoms with E-state index < -0.39 is 7.14 Å². The van der Waals surface area contributed by atoms with Gasteiger partial charge < -0.3 is 14.0 Å². The second kappa shape index (κ2) is 10.4. The van der Waals surface area contributed by atoms with Gasteiger partial charge in [-0.05, 0) is 66.7 Å². The first-order chi connectivity index (χ1) is 22.7. The van der Waals surface area contributed by atoms with Crippen molar-refractivity contribution >= 4 is 61.9 Å². The fourth-order valence-electron chi connectivity index (χ4n) is 7.03. The molecule has 0 saturated heterocycles. The molecule has 0 aliphatic carbocycles. The Bertz CT molecular complexity index is 2360. The van der Waals surface area contributed by atoms with Gasteiger partial charge in [0, 0.05) is 49.8 Å². The number of anilines is 3. The number of pyridine rings is 1. The lowest BCUT2D eigenvalue weighted by Gasteiger charge is -2.38. The van der Waals surface area contributed by atoms with Crippen LogP contribution in [0.2, 0.25) is 0 Å². The lowest BCUT2D eigenvalue weighted by Crippen LogP contribution is -2.36. The highest BCUT2D eigenvalue weighted by Crippen LogP contribution is 2.54. The van der Waals surface area contributed by atoms with E-state index in [2.05, 4.69) is 94.4 Å². The van der Waals surface area contributed by atoms with Crippen LogP contribution in [0.3, 0.4) is 0 Å². The third kappa shape index (κ3) is 3.94. The highest BCUT2D eigenvalue weighted by molar-refractivity contribution is 7.86. The van der Waals surface area contributed by atoms with Crippen LogP contribution < -0.4 is 20.8 Å². The third-order valence-corrected chi connectivity index (χ3v) is 12.1. The number of aromatic nitrogens is 2. The number of hydrogen-bond acceptors (Lipinski definition) is 3. The average Bonchev–Trinajstić information content (AvgIpc) is 3.47. The minimum absolute atomic E-state index is 0.835. The van der Waals surface area contributed by atoms with Gasteiger partial charge in [-0.25, -0.2) is 0 Å². The normalized spacial score (nSPS) is 13.4. The van der Waals surface area contributed by atoms with Crippen molar-refractivity contribution in [3.63, 3.8) is 0 Å². The van der Waals surface area contributed by atoms with Gasteiger partial charge in [-0.3, -0.25) is 4.98 Å². The van der Waals surface area contributed by atoms with Crippen molar-refractivity contribution < 1.29 is 4.57 Å². The molecule has 9 rings (SSSR count). The second-order valence-corrected chi connectivity index (χ2v) is 14.3. The van der Waals surface area contributed by atoms with Gasteiger partial charge in [-0.2, -0.15) is 0 Å². The molecule has 0 atom stereocenters. The summed E-state index contributed by atoms with van der Waals surface area (Å²) in [5.74, 6) is 0. The van der Waals surface area contributed by atoms with Crippen molar-refractivity contribution in [2.45, 2.75) is 0 Å². The Hall–Kier alpha value is -5.70. The molecule has 3 heterocycles. The molecule has 1 aliphatic rings. The molecule has 0 N–H and O–H groups in total. The van der Waals surface area contributed by atoms with Crippen molar-refractivity contribution in [2.75, 3.05) is 4.90 Å². The van der Waals surface area contributed by atoms with Gasteiger partial charge in [0.25, 0.3) is 0 Å². The lowest BCUT2D eigenvalue weighted by molar-refractivity contribution is 0.592. The van der Waals surface area contributed by atoms with Crippen molar-refractivity contribution in [3.05, 3.63) is 170 Å². The molecule has 5 heteroatoms. The van der Waals surface area contributed by atoms with E-state index in [1.54, 1.807) is 0 Å². The van der Waals surface area contributed by atoms with E-state index in [1.165, 1.54) is 10.8 Å². The summed E-state index contributed by atoms with van der Waals surface area (Å²) in [6.07, 6.45) is 1.84. The molecule has 0 unspecified atom stereocenters. The Morgan fingerprint density at radius 3 is 1.67 bits per heavy atom. The monoisotopic (exact) mass is 609 g/mol. The quantitative estimate of drug-likeness (QED) is 0.187. The zero-order valence-electron chi connectivity index (χ0n) is 24.9. The van der Waals surface area contributed by atoms with Crippen molar-refractivity contribution in [1.82, 2.24) is 9.55 Å². The van der Waals surface area contributed by atoms with Crippen LogP contribution in [-0.2, 0) is 4.57 Å². The lowest BCUT2D eigenvalue weighted by atomic mass is 10.1. The van der Waals surface area contributed by atoms with Crippen LogP contribution in [-0.4, -0.2) is 9.55 Å². The number of rotatable bonds is 4. The summed E-state index contributed by atoms with van der Waals surface area (Å²) >= 11 is 0. The van der Waals surface area contributed by atoms with Crippen LogP contribution in [0.5, 0.6) is 0 Å². The summed E-state index contributed by atoms with van der Waals surface area (Å²) in [6, 6.07) is 56.0. The van der Waals surface area contributed by atoms with Crippen LogP contribution in [0.25, 0.3) is 38.8 Å². The van der Waals surface area contributed by atoms with Crippen LogP contribution in [0, 0.1) is 0 Å². The van der Waals surface area contributed by atoms with Gasteiger partial charge in [-0.15, -0.1) is 0 Å². The third-order valence-electron chi connectivity index (χ3n) is 9.00. The van der Waals surface area contributed by atoms with E-state index in [9.17, 15) is 0 Å². The van der Waals surface area contributed by atoms with Gasteiger partial charge in [0.05, 0.1) is 28.1 Å². The van der Waals surface area contributed by atoms with Gasteiger partial charge in [0.1, 0.15) is 0 Å². The smallest absolute Gasteiger partial charge is 0.175 e. The Balaban J connectivity index is 1.36. The maximum Gasteiger partial charge on any atom is 0.175 e. The zero-order chi connectivity index (χ0) is 30.7. The molecule has 0 amide bonds. The molecule has 0 radical (unpaired) electrons. The second-order valence-electron chi connectivity index (χ2n) is 11.6. The fourth-order valence-corrected chi connectivity index (χ4v) is 10.0. The zero-order valence-corrected chi connectivity index (χ0v) is 25.8. The summed E-state index contributed by atoms with van der Waals surface area (Å²) in [5.41, 5.74) is 8.00. The van der Waals surface area contributed by atoms with Gasteiger partial charge in [0.2, 0.25) is 0 Å². The molecule has 6 aromatic carbocycles. The Kier molecular flexibility index (Phi) is 6.06. The summed E-state index contributed by atoms with van der Waals surface area (Å²) in [6.45, 7) is 0. The topological polar surface area (TPSA) is 38.1 Å². The van der Waals surface area contributed by atoms with Gasteiger partial charge in [0.15, 0.2) is 7.14 Å². The molecule has 46 heavy (non-hydrogen) atoms. The first-order valence-electron chi connectivity index (χ1n) is 15.4. The first-order valence-corrected chi connectivity index (χ1v) is 17.1. The van der Waals surface area contributed by atoms with E-state index >= 15 is 4.57 Å². The highest BCUT2D eigenvalue weighted by Gasteiger charge is 2.40. The maximum absolute atomic E-state index is 15.5. The molecular formula is C41H28N3OP. The molecule has 1 aliphatic heterocycles. The standard InChI is InChI=1S/C41H28N3OP/c45-46(32-14-2-1-3-15-32)40-23-10-8-21-38(40)44(39-22-9-11-24-41(39)46)31-27-29(35-18-12-13-25-42-35)26-30(28-31)43-36-19-6-4-16-33(36)34-17-5-7-20-37(34)43/h1-28H. The number of nitrogens with zero attached hydrogens (tertiary/aromatic N) is 3. The maximum atomic E-state index is 15.5. The summed E-state index contributed by atoms with van der Waals surface area (Å²) < 4.78 is 17.8. The number of hydrogen-bond donors (Lipinski definition) is 0. The van der Waals surface area contributed by atoms with E-state index in [0.29, 0.717) is 0 Å². The molecule has 4 nitrogen and oxygen atoms in total. The van der Waals surface area contributed by atoms with Gasteiger partial charge in [-0.1, -0.05) is 97.1 Å². The minimum Gasteiger partial charge on any atom is -0.309 e. The molecule has 0 fully saturated rings. The molecule has 218 valence electrons. The van der Waals surface area contributed by atoms with Crippen molar-refractivity contribution in [3.8, 4) is 16.9 Å². The predicted octanol–water partition coefficient (Wildman–Crippen LogP) is 9.27. The molecule has 0 bridgehead atoms. The highest BCUT2D eigenvalue weighted by atomic mass is 31.2. The number of fused-ring (bicyclic) bond motifs is 5. The van der Waals surface area contributed by atoms with E-state index in [-0.39, 0.29) is 0 Å². The minimum atomic E-state index is -3.16. The Labute approximate surface area is 267 Å². The SMILES string of the molecule is O=P1(c2ccccc2)c2ccccc2N(c2cc(-c3ccccn3)cc(-n3c4ccccc4c4ccccc43)c2)c2ccccc21. The van der Waals surface area contributed by atoms with Crippen molar-refractivity contribution in [1.29, 1.82) is 0 Å². The van der Waals surface area contributed by atoms with E-state index in [1.807, 2.05) is 85.1 Å². The van der Waals surface area contributed by atoms with Crippen LogP contribution >= 0.6 is 7.14 Å². The van der Waals surface area contributed by atoms with Crippen molar-refractivity contribution in [2.24, 2.45) is 0 Å². The van der Waals surface area contributed by atoms with Crippen LogP contribution in [0.4, 0.5) is 17.1 Å². The van der Waals surface area contributed by atoms with Gasteiger partial charge >= 0.3 is 0 Å². The van der Waals surface area contributed by atoms with E-state index in [0.717, 1.165) is 61.0 Å². The molecular weight excluding hydrogens is 581 g/mol. The predicted molar refractivity (Wildman–Crippen MR) is 192 cm³/mol. The Morgan fingerprint density at radius 2 is 1.04 bits per heavy atom. The number of benzene rings is 6. The molecule has 2 aromatic heterocycles. The average molecular weight is 610 g/mol. The fraction of sp³-hybridized carbons (Fsp3) is 0.